The first-order valence-corrected chi connectivity index (χ1v) is 8.35. The van der Waals surface area contributed by atoms with Crippen molar-refractivity contribution in [3.05, 3.63) is 18.0 Å². The van der Waals surface area contributed by atoms with Crippen LogP contribution in [0.3, 0.4) is 0 Å². The molecule has 2 rings (SSSR count). The maximum Gasteiger partial charge on any atom is 0.0641 e. The van der Waals surface area contributed by atoms with Crippen molar-refractivity contribution in [2.24, 2.45) is 5.84 Å². The van der Waals surface area contributed by atoms with Crippen LogP contribution in [0, 0.1) is 0 Å². The molecule has 1 fully saturated rings. The molecule has 108 valence electrons. The lowest BCUT2D eigenvalue weighted by Gasteiger charge is -2.17. The Morgan fingerprint density at radius 3 is 2.79 bits per heavy atom. The Labute approximate surface area is 120 Å². The van der Waals surface area contributed by atoms with E-state index in [2.05, 4.69) is 48.4 Å². The third-order valence-corrected chi connectivity index (χ3v) is 5.26. The van der Waals surface area contributed by atoms with Crippen molar-refractivity contribution < 1.29 is 0 Å². The summed E-state index contributed by atoms with van der Waals surface area (Å²) < 4.78 is 2.01. The molecule has 1 unspecified atom stereocenters. The zero-order chi connectivity index (χ0) is 13.7. The number of nitrogens with zero attached hydrogens (tertiary/aromatic N) is 2. The summed E-state index contributed by atoms with van der Waals surface area (Å²) in [5.74, 6) is 6.75. The predicted octanol–water partition coefficient (Wildman–Crippen LogP) is 2.51. The predicted molar refractivity (Wildman–Crippen MR) is 82.1 cm³/mol. The Morgan fingerprint density at radius 1 is 1.47 bits per heavy atom. The summed E-state index contributed by atoms with van der Waals surface area (Å²) in [4.78, 5) is 0. The van der Waals surface area contributed by atoms with Crippen molar-refractivity contribution in [1.29, 1.82) is 0 Å². The maximum atomic E-state index is 5.67. The van der Waals surface area contributed by atoms with Gasteiger partial charge in [0.2, 0.25) is 0 Å². The van der Waals surface area contributed by atoms with Gasteiger partial charge in [0.05, 0.1) is 5.69 Å². The van der Waals surface area contributed by atoms with Crippen LogP contribution in [0.25, 0.3) is 0 Å². The van der Waals surface area contributed by atoms with Crippen LogP contribution >= 0.6 is 11.8 Å². The van der Waals surface area contributed by atoms with Gasteiger partial charge in [0.25, 0.3) is 0 Å². The molecule has 1 aromatic heterocycles. The summed E-state index contributed by atoms with van der Waals surface area (Å²) in [5, 5.41) is 5.44. The Balaban J connectivity index is 1.80. The summed E-state index contributed by atoms with van der Waals surface area (Å²) >= 11 is 2.07. The molecule has 1 aromatic rings. The fraction of sp³-hybridized carbons (Fsp3) is 0.786. The van der Waals surface area contributed by atoms with E-state index in [0.717, 1.165) is 23.1 Å². The Hall–Kier alpha value is -0.520. The molecule has 0 bridgehead atoms. The van der Waals surface area contributed by atoms with Crippen LogP contribution in [-0.2, 0) is 6.42 Å². The van der Waals surface area contributed by atoms with E-state index >= 15 is 0 Å². The van der Waals surface area contributed by atoms with Crippen molar-refractivity contribution in [2.75, 3.05) is 5.75 Å². The van der Waals surface area contributed by atoms with Gasteiger partial charge in [0, 0.05) is 35.7 Å². The van der Waals surface area contributed by atoms with E-state index in [1.807, 2.05) is 4.68 Å². The van der Waals surface area contributed by atoms with E-state index in [4.69, 9.17) is 5.84 Å². The normalized spacial score (nSPS) is 18.3. The minimum Gasteiger partial charge on any atom is -0.271 e. The van der Waals surface area contributed by atoms with Gasteiger partial charge in [0.15, 0.2) is 0 Å². The maximum absolute atomic E-state index is 5.67. The monoisotopic (exact) mass is 282 g/mol. The third-order valence-electron chi connectivity index (χ3n) is 3.72. The molecular weight excluding hydrogens is 256 g/mol. The number of nitrogens with one attached hydrogen (secondary N) is 1. The van der Waals surface area contributed by atoms with Gasteiger partial charge in [-0.05, 0) is 32.8 Å². The molecule has 0 saturated heterocycles. The topological polar surface area (TPSA) is 55.9 Å². The van der Waals surface area contributed by atoms with Crippen LogP contribution in [0.5, 0.6) is 0 Å². The molecule has 1 aliphatic rings. The van der Waals surface area contributed by atoms with Crippen molar-refractivity contribution >= 4 is 11.8 Å². The van der Waals surface area contributed by atoms with Crippen LogP contribution in [0.4, 0.5) is 0 Å². The first kappa shape index (κ1) is 14.9. The number of hydrogen-bond donors (Lipinski definition) is 2. The van der Waals surface area contributed by atoms with Crippen LogP contribution in [0.2, 0.25) is 0 Å². The van der Waals surface area contributed by atoms with Gasteiger partial charge in [-0.15, -0.1) is 0 Å². The lowest BCUT2D eigenvalue weighted by molar-refractivity contribution is 0.513. The van der Waals surface area contributed by atoms with Gasteiger partial charge >= 0.3 is 0 Å². The number of rotatable bonds is 7. The van der Waals surface area contributed by atoms with Crippen LogP contribution in [-0.4, -0.2) is 26.8 Å². The zero-order valence-electron chi connectivity index (χ0n) is 12.0. The van der Waals surface area contributed by atoms with E-state index in [9.17, 15) is 0 Å². The minimum atomic E-state index is 0.320. The van der Waals surface area contributed by atoms with Gasteiger partial charge in [-0.1, -0.05) is 12.8 Å². The van der Waals surface area contributed by atoms with Gasteiger partial charge in [-0.2, -0.15) is 16.9 Å². The average Bonchev–Trinajstić information content (AvgIpc) is 3.05. The molecule has 5 heteroatoms. The minimum absolute atomic E-state index is 0.320. The Morgan fingerprint density at radius 2 is 2.21 bits per heavy atom. The number of hydrazine groups is 1. The second-order valence-electron chi connectivity index (χ2n) is 5.69. The highest BCUT2D eigenvalue weighted by molar-refractivity contribution is 7.99. The third kappa shape index (κ3) is 4.51. The zero-order valence-corrected chi connectivity index (χ0v) is 12.8. The molecule has 1 heterocycles. The fourth-order valence-corrected chi connectivity index (χ4v) is 3.88. The summed E-state index contributed by atoms with van der Waals surface area (Å²) in [6, 6.07) is 2.84. The highest BCUT2D eigenvalue weighted by Gasteiger charge is 2.18. The first-order chi connectivity index (χ1) is 9.19. The molecule has 0 aromatic carbocycles. The quantitative estimate of drug-likeness (QED) is 0.596. The number of nitrogens with two attached hydrogens (primary N) is 1. The van der Waals surface area contributed by atoms with Gasteiger partial charge in [-0.25, -0.2) is 0 Å². The molecular formula is C14H26N4S. The molecule has 0 aliphatic heterocycles. The van der Waals surface area contributed by atoms with Crippen molar-refractivity contribution in [2.45, 2.75) is 63.3 Å². The molecule has 1 saturated carbocycles. The number of aromatic nitrogens is 2. The molecule has 19 heavy (non-hydrogen) atoms. The highest BCUT2D eigenvalue weighted by Crippen LogP contribution is 2.29. The van der Waals surface area contributed by atoms with Crippen molar-refractivity contribution in [3.8, 4) is 0 Å². The average molecular weight is 282 g/mol. The van der Waals surface area contributed by atoms with E-state index in [0.29, 0.717) is 12.1 Å². The van der Waals surface area contributed by atoms with Crippen molar-refractivity contribution in [1.82, 2.24) is 15.2 Å². The van der Waals surface area contributed by atoms with Crippen LogP contribution in [0.1, 0.15) is 51.3 Å². The summed E-state index contributed by atoms with van der Waals surface area (Å²) in [6.45, 7) is 4.29. The Kier molecular flexibility index (Phi) is 5.73. The second kappa shape index (κ2) is 7.31. The highest BCUT2D eigenvalue weighted by atomic mass is 32.2. The molecule has 4 nitrogen and oxygen atoms in total. The summed E-state index contributed by atoms with van der Waals surface area (Å²) in [7, 11) is 0. The standard InChI is InChI=1S/C14H26N4S/c1-11(2)18-8-7-12(17-18)9-13(16-15)10-19-14-5-3-4-6-14/h7-8,11,13-14,16H,3-6,9-10,15H2,1-2H3. The first-order valence-electron chi connectivity index (χ1n) is 7.30. The molecule has 1 aliphatic carbocycles. The second-order valence-corrected chi connectivity index (χ2v) is 7.02. The van der Waals surface area contributed by atoms with E-state index < -0.39 is 0 Å². The summed E-state index contributed by atoms with van der Waals surface area (Å²) in [6.07, 6.45) is 8.52. The largest absolute Gasteiger partial charge is 0.271 e. The van der Waals surface area contributed by atoms with Crippen LogP contribution in [0.15, 0.2) is 12.3 Å². The van der Waals surface area contributed by atoms with Gasteiger partial charge < -0.3 is 0 Å². The molecule has 1 atom stereocenters. The molecule has 0 radical (unpaired) electrons. The van der Waals surface area contributed by atoms with E-state index in [-0.39, 0.29) is 0 Å². The SMILES string of the molecule is CC(C)n1ccc(CC(CSC2CCCC2)NN)n1. The van der Waals surface area contributed by atoms with Crippen LogP contribution < -0.4 is 11.3 Å². The molecule has 0 spiro atoms. The molecule has 0 amide bonds. The number of thioether (sulfide) groups is 1. The fourth-order valence-electron chi connectivity index (χ4n) is 2.50. The summed E-state index contributed by atoms with van der Waals surface area (Å²) in [5.41, 5.74) is 4.07. The lowest BCUT2D eigenvalue weighted by Crippen LogP contribution is -2.39. The Bertz CT molecular complexity index is 371. The van der Waals surface area contributed by atoms with Gasteiger partial charge in [0.1, 0.15) is 0 Å². The van der Waals surface area contributed by atoms with Gasteiger partial charge in [-0.3, -0.25) is 16.0 Å². The van der Waals surface area contributed by atoms with E-state index in [1.54, 1.807) is 0 Å². The van der Waals surface area contributed by atoms with Crippen molar-refractivity contribution in [3.63, 3.8) is 0 Å². The number of hydrogen-bond acceptors (Lipinski definition) is 4. The lowest BCUT2D eigenvalue weighted by atomic mass is 10.2. The smallest absolute Gasteiger partial charge is 0.0641 e. The van der Waals surface area contributed by atoms with E-state index in [1.165, 1.54) is 25.7 Å². The molecule has 3 N–H and O–H groups in total.